The lowest BCUT2D eigenvalue weighted by Crippen LogP contribution is -2.23. The lowest BCUT2D eigenvalue weighted by Gasteiger charge is -2.30. The average molecular weight is 338 g/mol. The van der Waals surface area contributed by atoms with E-state index < -0.39 is 0 Å². The van der Waals surface area contributed by atoms with Crippen molar-refractivity contribution in [2.45, 2.75) is 32.4 Å². The molecule has 2 nitrogen and oxygen atoms in total. The monoisotopic (exact) mass is 337 g/mol. The van der Waals surface area contributed by atoms with E-state index >= 15 is 0 Å². The van der Waals surface area contributed by atoms with Crippen LogP contribution in [0, 0.1) is 13.8 Å². The van der Waals surface area contributed by atoms with E-state index in [-0.39, 0.29) is 12.1 Å². The van der Waals surface area contributed by atoms with Crippen LogP contribution in [-0.4, -0.2) is 0 Å². The third-order valence-electron chi connectivity index (χ3n) is 3.50. The van der Waals surface area contributed by atoms with E-state index in [1.54, 1.807) is 11.3 Å². The molecule has 3 rings (SSSR count). The van der Waals surface area contributed by atoms with E-state index in [0.717, 1.165) is 22.2 Å². The maximum Gasteiger partial charge on any atom is 0.135 e. The molecule has 1 aliphatic rings. The smallest absolute Gasteiger partial charge is 0.135 e. The predicted octanol–water partition coefficient (Wildman–Crippen LogP) is 4.65. The molecule has 1 aromatic carbocycles. The molecule has 0 saturated heterocycles. The Bertz CT molecular complexity index is 603. The van der Waals surface area contributed by atoms with Gasteiger partial charge in [0.25, 0.3) is 0 Å². The molecule has 19 heavy (non-hydrogen) atoms. The Kier molecular flexibility index (Phi) is 3.41. The zero-order valence-corrected chi connectivity index (χ0v) is 13.3. The molecule has 2 heterocycles. The van der Waals surface area contributed by atoms with Gasteiger partial charge < -0.3 is 10.5 Å². The van der Waals surface area contributed by atoms with Crippen LogP contribution in [0.15, 0.2) is 28.7 Å². The van der Waals surface area contributed by atoms with Crippen molar-refractivity contribution >= 4 is 27.3 Å². The molecule has 0 spiro atoms. The SMILES string of the molecule is Cc1ccc2c(c1)C(N)CC(c1cc(Br)c(C)s1)O2. The number of aryl methyl sites for hydroxylation is 2. The van der Waals surface area contributed by atoms with Crippen LogP contribution in [0.1, 0.15) is 39.4 Å². The van der Waals surface area contributed by atoms with Crippen molar-refractivity contribution in [3.05, 3.63) is 49.6 Å². The number of nitrogens with two attached hydrogens (primary N) is 1. The zero-order chi connectivity index (χ0) is 13.6. The van der Waals surface area contributed by atoms with Gasteiger partial charge in [-0.3, -0.25) is 0 Å². The van der Waals surface area contributed by atoms with Crippen molar-refractivity contribution in [3.63, 3.8) is 0 Å². The molecule has 100 valence electrons. The summed E-state index contributed by atoms with van der Waals surface area (Å²) in [6.07, 6.45) is 0.906. The minimum Gasteiger partial charge on any atom is -0.484 e. The summed E-state index contributed by atoms with van der Waals surface area (Å²) in [6, 6.07) is 8.44. The highest BCUT2D eigenvalue weighted by atomic mass is 79.9. The summed E-state index contributed by atoms with van der Waals surface area (Å²) in [7, 11) is 0. The zero-order valence-electron chi connectivity index (χ0n) is 10.9. The third-order valence-corrected chi connectivity index (χ3v) is 5.72. The summed E-state index contributed by atoms with van der Waals surface area (Å²) in [5, 5.41) is 0. The first-order chi connectivity index (χ1) is 9.04. The van der Waals surface area contributed by atoms with Crippen molar-refractivity contribution < 1.29 is 4.74 Å². The fraction of sp³-hybridized carbons (Fsp3) is 0.333. The molecule has 1 aromatic heterocycles. The van der Waals surface area contributed by atoms with Crippen molar-refractivity contribution in [2.24, 2.45) is 5.73 Å². The normalized spacial score (nSPS) is 21.9. The highest BCUT2D eigenvalue weighted by Gasteiger charge is 2.28. The second-order valence-electron chi connectivity index (χ2n) is 5.04. The largest absolute Gasteiger partial charge is 0.484 e. The number of hydrogen-bond acceptors (Lipinski definition) is 3. The van der Waals surface area contributed by atoms with Gasteiger partial charge in [0.05, 0.1) is 0 Å². The lowest BCUT2D eigenvalue weighted by atomic mass is 9.95. The Morgan fingerprint density at radius 1 is 1.32 bits per heavy atom. The Morgan fingerprint density at radius 3 is 2.79 bits per heavy atom. The van der Waals surface area contributed by atoms with Gasteiger partial charge in [-0.15, -0.1) is 11.3 Å². The van der Waals surface area contributed by atoms with E-state index in [0.29, 0.717) is 0 Å². The van der Waals surface area contributed by atoms with Gasteiger partial charge in [-0.25, -0.2) is 0 Å². The molecule has 0 bridgehead atoms. The lowest BCUT2D eigenvalue weighted by molar-refractivity contribution is 0.165. The number of rotatable bonds is 1. The number of ether oxygens (including phenoxy) is 1. The fourth-order valence-electron chi connectivity index (χ4n) is 2.44. The number of hydrogen-bond donors (Lipinski definition) is 1. The van der Waals surface area contributed by atoms with Gasteiger partial charge in [0, 0.05) is 32.3 Å². The molecule has 2 atom stereocenters. The molecule has 0 fully saturated rings. The molecule has 2 aromatic rings. The summed E-state index contributed by atoms with van der Waals surface area (Å²) in [4.78, 5) is 2.52. The Morgan fingerprint density at radius 2 is 2.11 bits per heavy atom. The Labute approximate surface area is 125 Å². The summed E-state index contributed by atoms with van der Waals surface area (Å²) in [5.41, 5.74) is 8.66. The highest BCUT2D eigenvalue weighted by molar-refractivity contribution is 9.10. The van der Waals surface area contributed by atoms with Crippen molar-refractivity contribution in [1.29, 1.82) is 0 Å². The molecular weight excluding hydrogens is 322 g/mol. The topological polar surface area (TPSA) is 35.2 Å². The van der Waals surface area contributed by atoms with E-state index in [1.807, 2.05) is 6.07 Å². The van der Waals surface area contributed by atoms with Gasteiger partial charge >= 0.3 is 0 Å². The first-order valence-electron chi connectivity index (χ1n) is 6.33. The second kappa shape index (κ2) is 4.93. The number of benzene rings is 1. The van der Waals surface area contributed by atoms with Gasteiger partial charge in [0.1, 0.15) is 11.9 Å². The minimum absolute atomic E-state index is 0.0508. The van der Waals surface area contributed by atoms with Crippen LogP contribution >= 0.6 is 27.3 Å². The Hall–Kier alpha value is -0.840. The molecule has 0 aliphatic carbocycles. The van der Waals surface area contributed by atoms with Crippen LogP contribution in [0.5, 0.6) is 5.75 Å². The summed E-state index contributed by atoms with van der Waals surface area (Å²) < 4.78 is 7.27. The second-order valence-corrected chi connectivity index (χ2v) is 7.19. The summed E-state index contributed by atoms with van der Waals surface area (Å²) >= 11 is 5.34. The number of fused-ring (bicyclic) bond motifs is 1. The van der Waals surface area contributed by atoms with E-state index in [1.165, 1.54) is 15.3 Å². The van der Waals surface area contributed by atoms with Gasteiger partial charge in [0.15, 0.2) is 0 Å². The van der Waals surface area contributed by atoms with Crippen LogP contribution in [0.2, 0.25) is 0 Å². The highest BCUT2D eigenvalue weighted by Crippen LogP contribution is 2.43. The Balaban J connectivity index is 1.94. The number of halogens is 1. The molecule has 0 saturated carbocycles. The van der Waals surface area contributed by atoms with Gasteiger partial charge in [-0.2, -0.15) is 0 Å². The standard InChI is InChI=1S/C15H16BrNOS/c1-8-3-4-13-10(5-8)12(17)7-14(18-13)15-6-11(16)9(2)19-15/h3-6,12,14H,7,17H2,1-2H3. The summed E-state index contributed by atoms with van der Waals surface area (Å²) in [6.45, 7) is 4.19. The quantitative estimate of drug-likeness (QED) is 0.821. The van der Waals surface area contributed by atoms with Crippen LogP contribution in [0.3, 0.4) is 0 Å². The maximum atomic E-state index is 6.30. The molecule has 4 heteroatoms. The third kappa shape index (κ3) is 2.45. The average Bonchev–Trinajstić information content (AvgIpc) is 2.70. The molecule has 0 radical (unpaired) electrons. The molecule has 2 N–H and O–H groups in total. The van der Waals surface area contributed by atoms with Crippen molar-refractivity contribution in [3.8, 4) is 5.75 Å². The molecule has 1 aliphatic heterocycles. The first-order valence-corrected chi connectivity index (χ1v) is 7.94. The van der Waals surface area contributed by atoms with Crippen LogP contribution in [0.25, 0.3) is 0 Å². The summed E-state index contributed by atoms with van der Waals surface area (Å²) in [5.74, 6) is 0.927. The maximum absolute atomic E-state index is 6.30. The number of thiophene rings is 1. The fourth-order valence-corrected chi connectivity index (χ4v) is 4.04. The van der Waals surface area contributed by atoms with Crippen LogP contribution < -0.4 is 10.5 Å². The van der Waals surface area contributed by atoms with E-state index in [9.17, 15) is 0 Å². The van der Waals surface area contributed by atoms with Crippen LogP contribution in [0.4, 0.5) is 0 Å². The molecule has 2 unspecified atom stereocenters. The van der Waals surface area contributed by atoms with E-state index in [4.69, 9.17) is 10.5 Å². The van der Waals surface area contributed by atoms with Gasteiger partial charge in [0.2, 0.25) is 0 Å². The predicted molar refractivity (Wildman–Crippen MR) is 82.8 cm³/mol. The minimum atomic E-state index is 0.0508. The van der Waals surface area contributed by atoms with Crippen molar-refractivity contribution in [1.82, 2.24) is 0 Å². The molecule has 0 amide bonds. The molecular formula is C15H16BrNOS. The van der Waals surface area contributed by atoms with Crippen molar-refractivity contribution in [2.75, 3.05) is 0 Å². The van der Waals surface area contributed by atoms with Gasteiger partial charge in [-0.1, -0.05) is 17.7 Å². The first kappa shape index (κ1) is 13.2. The van der Waals surface area contributed by atoms with E-state index in [2.05, 4.69) is 48.0 Å². The van der Waals surface area contributed by atoms with Gasteiger partial charge in [-0.05, 0) is 41.9 Å². The van der Waals surface area contributed by atoms with Crippen LogP contribution in [-0.2, 0) is 0 Å².